The van der Waals surface area contributed by atoms with E-state index in [1.165, 1.54) is 23.2 Å². The van der Waals surface area contributed by atoms with Gasteiger partial charge in [0.05, 0.1) is 22.5 Å². The van der Waals surface area contributed by atoms with Crippen LogP contribution >= 0.6 is 34.5 Å². The third kappa shape index (κ3) is 3.98. The Morgan fingerprint density at radius 1 is 1.20 bits per heavy atom. The number of ether oxygens (including phenoxy) is 1. The first kappa shape index (κ1) is 20.6. The number of esters is 1. The summed E-state index contributed by atoms with van der Waals surface area (Å²) in [4.78, 5) is 40.5. The predicted octanol–water partition coefficient (Wildman–Crippen LogP) is 3.34. The summed E-state index contributed by atoms with van der Waals surface area (Å²) in [5, 5.41) is 5.76. The number of halogens is 2. The molecule has 0 fully saturated rings. The number of hydrogen-bond acceptors (Lipinski definition) is 6. The van der Waals surface area contributed by atoms with Gasteiger partial charge in [0, 0.05) is 18.0 Å². The minimum atomic E-state index is -0.744. The average molecular weight is 464 g/mol. The topological polar surface area (TPSA) is 81.5 Å². The van der Waals surface area contributed by atoms with Crippen LogP contribution in [0.5, 0.6) is 0 Å². The second-order valence-electron chi connectivity index (χ2n) is 6.55. The number of aromatic nitrogens is 2. The van der Waals surface area contributed by atoms with E-state index < -0.39 is 18.1 Å². The van der Waals surface area contributed by atoms with Gasteiger partial charge in [-0.15, -0.1) is 11.3 Å². The first-order valence-electron chi connectivity index (χ1n) is 8.98. The van der Waals surface area contributed by atoms with Crippen LogP contribution in [0.3, 0.4) is 0 Å². The van der Waals surface area contributed by atoms with E-state index in [2.05, 4.69) is 5.10 Å². The molecule has 154 valence electrons. The van der Waals surface area contributed by atoms with Gasteiger partial charge in [0.2, 0.25) is 0 Å². The normalized spacial score (nSPS) is 13.1. The van der Waals surface area contributed by atoms with E-state index >= 15 is 0 Å². The predicted molar refractivity (Wildman–Crippen MR) is 114 cm³/mol. The number of rotatable bonds is 4. The summed E-state index contributed by atoms with van der Waals surface area (Å²) in [6.07, 6.45) is 2.01. The Morgan fingerprint density at radius 3 is 2.83 bits per heavy atom. The number of carbonyl (C=O) groups is 2. The number of para-hydroxylation sites is 1. The molecule has 0 atom stereocenters. The van der Waals surface area contributed by atoms with E-state index in [-0.39, 0.29) is 27.2 Å². The molecule has 2 aromatic heterocycles. The lowest BCUT2D eigenvalue weighted by Crippen LogP contribution is -2.38. The average Bonchev–Trinajstić information content (AvgIpc) is 3.23. The monoisotopic (exact) mass is 463 g/mol. The molecular weight excluding hydrogens is 449 g/mol. The number of hydrogen-bond donors (Lipinski definition) is 0. The molecule has 1 amide bonds. The van der Waals surface area contributed by atoms with Crippen LogP contribution in [0.2, 0.25) is 10.0 Å². The van der Waals surface area contributed by atoms with Crippen molar-refractivity contribution < 1.29 is 14.3 Å². The number of benzene rings is 1. The minimum absolute atomic E-state index is 0.0129. The molecule has 0 unspecified atom stereocenters. The molecule has 0 aliphatic carbocycles. The van der Waals surface area contributed by atoms with E-state index in [0.717, 1.165) is 16.7 Å². The third-order valence-electron chi connectivity index (χ3n) is 4.72. The summed E-state index contributed by atoms with van der Waals surface area (Å²) >= 11 is 13.4. The van der Waals surface area contributed by atoms with Crippen LogP contribution in [0.1, 0.15) is 20.8 Å². The van der Waals surface area contributed by atoms with Crippen LogP contribution in [0.15, 0.2) is 46.7 Å². The highest BCUT2D eigenvalue weighted by Crippen LogP contribution is 2.24. The van der Waals surface area contributed by atoms with Crippen LogP contribution in [0, 0.1) is 0 Å². The molecule has 0 N–H and O–H groups in total. The van der Waals surface area contributed by atoms with E-state index in [9.17, 15) is 14.4 Å². The van der Waals surface area contributed by atoms with Gasteiger partial charge in [0.15, 0.2) is 6.61 Å². The fourth-order valence-electron chi connectivity index (χ4n) is 3.17. The van der Waals surface area contributed by atoms with Gasteiger partial charge in [0.1, 0.15) is 5.02 Å². The number of nitrogens with zero attached hydrogens (tertiary/aromatic N) is 3. The quantitative estimate of drug-likeness (QED) is 0.554. The maximum absolute atomic E-state index is 12.7. The van der Waals surface area contributed by atoms with Gasteiger partial charge in [-0.3, -0.25) is 9.59 Å². The molecule has 4 rings (SSSR count). The van der Waals surface area contributed by atoms with Crippen LogP contribution in [0.4, 0.5) is 0 Å². The third-order valence-corrected chi connectivity index (χ3v) is 6.49. The Hall–Kier alpha value is -2.68. The second kappa shape index (κ2) is 8.59. The molecule has 3 heterocycles. The molecule has 1 aliphatic heterocycles. The molecule has 0 bridgehead atoms. The Kier molecular flexibility index (Phi) is 5.90. The van der Waals surface area contributed by atoms with Gasteiger partial charge < -0.3 is 9.64 Å². The fourth-order valence-corrected chi connectivity index (χ4v) is 4.32. The molecule has 7 nitrogen and oxygen atoms in total. The van der Waals surface area contributed by atoms with E-state index in [1.807, 2.05) is 11.4 Å². The SMILES string of the molecule is O=C(OCC(=O)N1CCc2sccc2C1)c1ccccc1-n1ncc(Cl)c(Cl)c1=O. The summed E-state index contributed by atoms with van der Waals surface area (Å²) in [5.41, 5.74) is 0.721. The number of thiophene rings is 1. The molecule has 0 spiro atoms. The molecule has 0 saturated carbocycles. The van der Waals surface area contributed by atoms with Crippen LogP contribution in [-0.2, 0) is 22.5 Å². The van der Waals surface area contributed by atoms with Gasteiger partial charge in [-0.25, -0.2) is 4.79 Å². The van der Waals surface area contributed by atoms with Gasteiger partial charge in [-0.2, -0.15) is 9.78 Å². The number of fused-ring (bicyclic) bond motifs is 1. The first-order chi connectivity index (χ1) is 14.5. The summed E-state index contributed by atoms with van der Waals surface area (Å²) in [6.45, 7) is 0.702. The summed E-state index contributed by atoms with van der Waals surface area (Å²) in [6, 6.07) is 8.27. The largest absolute Gasteiger partial charge is 0.452 e. The standard InChI is InChI=1S/C20H15Cl2N3O4S/c21-14-9-23-25(19(27)18(14)22)15-4-2-1-3-13(15)20(28)29-11-17(26)24-7-5-16-12(10-24)6-8-30-16/h1-4,6,8-9H,5,7,10-11H2. The Balaban J connectivity index is 1.49. The number of carbonyl (C=O) groups excluding carboxylic acids is 2. The molecular formula is C20H15Cl2N3O4S. The van der Waals surface area contributed by atoms with Crippen molar-refractivity contribution in [2.45, 2.75) is 13.0 Å². The Morgan fingerprint density at radius 2 is 2.00 bits per heavy atom. The van der Waals surface area contributed by atoms with Gasteiger partial charge >= 0.3 is 5.97 Å². The molecule has 0 saturated heterocycles. The summed E-state index contributed by atoms with van der Waals surface area (Å²) < 4.78 is 6.21. The van der Waals surface area contributed by atoms with Crippen molar-refractivity contribution in [3.8, 4) is 5.69 Å². The molecule has 1 aromatic carbocycles. The van der Waals surface area contributed by atoms with Crippen molar-refractivity contribution in [3.63, 3.8) is 0 Å². The lowest BCUT2D eigenvalue weighted by Gasteiger charge is -2.26. The lowest BCUT2D eigenvalue weighted by molar-refractivity contribution is -0.135. The van der Waals surface area contributed by atoms with E-state index in [4.69, 9.17) is 27.9 Å². The van der Waals surface area contributed by atoms with Crippen molar-refractivity contribution in [2.24, 2.45) is 0 Å². The zero-order chi connectivity index (χ0) is 21.3. The van der Waals surface area contributed by atoms with Crippen LogP contribution < -0.4 is 5.56 Å². The molecule has 30 heavy (non-hydrogen) atoms. The Bertz CT molecular complexity index is 1190. The van der Waals surface area contributed by atoms with Crippen LogP contribution in [0.25, 0.3) is 5.69 Å². The van der Waals surface area contributed by atoms with Gasteiger partial charge in [-0.1, -0.05) is 35.3 Å². The van der Waals surface area contributed by atoms with Crippen molar-refractivity contribution in [1.82, 2.24) is 14.7 Å². The Labute approximate surface area is 185 Å². The molecule has 3 aromatic rings. The maximum atomic E-state index is 12.7. The molecule has 1 aliphatic rings. The molecule has 10 heteroatoms. The maximum Gasteiger partial charge on any atom is 0.340 e. The van der Waals surface area contributed by atoms with Crippen molar-refractivity contribution >= 4 is 46.4 Å². The smallest absolute Gasteiger partial charge is 0.340 e. The van der Waals surface area contributed by atoms with Gasteiger partial charge in [0.25, 0.3) is 11.5 Å². The zero-order valence-electron chi connectivity index (χ0n) is 15.5. The first-order valence-corrected chi connectivity index (χ1v) is 10.6. The van der Waals surface area contributed by atoms with Gasteiger partial charge in [-0.05, 0) is 35.6 Å². The van der Waals surface area contributed by atoms with E-state index in [0.29, 0.717) is 13.1 Å². The van der Waals surface area contributed by atoms with Crippen molar-refractivity contribution in [1.29, 1.82) is 0 Å². The lowest BCUT2D eigenvalue weighted by atomic mass is 10.1. The highest BCUT2D eigenvalue weighted by molar-refractivity contribution is 7.10. The fraction of sp³-hybridized carbons (Fsp3) is 0.200. The van der Waals surface area contributed by atoms with E-state index in [1.54, 1.807) is 28.4 Å². The highest BCUT2D eigenvalue weighted by Gasteiger charge is 2.23. The van der Waals surface area contributed by atoms with Crippen LogP contribution in [-0.4, -0.2) is 39.7 Å². The van der Waals surface area contributed by atoms with Crippen molar-refractivity contribution in [3.05, 3.63) is 78.3 Å². The zero-order valence-corrected chi connectivity index (χ0v) is 17.8. The highest BCUT2D eigenvalue weighted by atomic mass is 35.5. The van der Waals surface area contributed by atoms with Crippen molar-refractivity contribution in [2.75, 3.05) is 13.2 Å². The summed E-state index contributed by atoms with van der Waals surface area (Å²) in [5.74, 6) is -1.02. The molecule has 0 radical (unpaired) electrons. The minimum Gasteiger partial charge on any atom is -0.452 e. The summed E-state index contributed by atoms with van der Waals surface area (Å²) in [7, 11) is 0. The number of amides is 1. The second-order valence-corrected chi connectivity index (χ2v) is 8.34.